The maximum Gasteiger partial charge on any atom is 0.408 e. The molecule has 2 saturated carbocycles. The molecule has 6 rings (SSSR count). The fourth-order valence-corrected chi connectivity index (χ4v) is 11.0. The number of carbonyl (C=O) groups is 7. The number of aliphatic hydroxyl groups excluding tert-OH is 1. The monoisotopic (exact) mass is 992 g/mol. The number of hydrogen-bond acceptors (Lipinski definition) is 16. The lowest BCUT2D eigenvalue weighted by Gasteiger charge is -2.67. The molecule has 3 fully saturated rings. The van der Waals surface area contributed by atoms with Gasteiger partial charge in [0.15, 0.2) is 17.5 Å². The van der Waals surface area contributed by atoms with Crippen LogP contribution in [0.5, 0.6) is 0 Å². The number of esters is 3. The highest BCUT2D eigenvalue weighted by Gasteiger charge is 2.77. The van der Waals surface area contributed by atoms with Gasteiger partial charge >= 0.3 is 24.0 Å². The van der Waals surface area contributed by atoms with E-state index in [1.807, 2.05) is 27.7 Å². The molecule has 2 aromatic rings. The van der Waals surface area contributed by atoms with Crippen LogP contribution in [0.2, 0.25) is 0 Å². The van der Waals surface area contributed by atoms with Crippen LogP contribution < -0.4 is 10.6 Å². The Balaban J connectivity index is 0.000000274. The van der Waals surface area contributed by atoms with E-state index >= 15 is 0 Å². The van der Waals surface area contributed by atoms with Crippen molar-refractivity contribution in [1.29, 1.82) is 0 Å². The first-order valence-corrected chi connectivity index (χ1v) is 24.0. The Kier molecular flexibility index (Phi) is 17.9. The van der Waals surface area contributed by atoms with E-state index in [2.05, 4.69) is 10.6 Å². The number of methoxy groups -OCH3 is 1. The number of fused-ring (bicyclic) bond motifs is 5. The molecule has 0 aromatic heterocycles. The molecule has 71 heavy (non-hydrogen) atoms. The summed E-state index contributed by atoms with van der Waals surface area (Å²) in [6.07, 6.45) is -5.72. The van der Waals surface area contributed by atoms with E-state index in [1.54, 1.807) is 102 Å². The molecular formula is C53H72N2O16. The number of ether oxygens (including phenoxy) is 7. The highest BCUT2D eigenvalue weighted by Crippen LogP contribution is 2.65. The predicted molar refractivity (Wildman–Crippen MR) is 256 cm³/mol. The lowest BCUT2D eigenvalue weighted by atomic mass is 9.43. The van der Waals surface area contributed by atoms with E-state index in [0.29, 0.717) is 17.7 Å². The molecular weight excluding hydrogens is 921 g/mol. The minimum atomic E-state index is -1.78. The number of Topliss-reactive ketones (excluding diaryl/α,β-unsaturated/α-hetero) is 2. The standard InChI is InChI=1S/C31H40O9.C22H32N2O7/c1-16-20(37-7)14-31(36)26(39-27(35)19-11-9-8-10-12-19)24-29(6,25(34)17(2)23(16)28(31,4)5)21(33)13-22-30(24,15-38-22)40-18(3)32;1-6-29-13-12-17(26)23-14-18(27)30-20(15(2)25)19(16-10-8-7-9-11-16)24-21(28)31-22(3,4)5/h8-12,17,20-22,24,26,33,36H,13-15H2,1-7H3;7-11,19-20H,6,12-14H2,1-5H3,(H,23,26)(H,24,28)/t17-,20+,21+,22-,24+,26+,29-,30+,31-;19-,20-/m10/s1. The normalized spacial score (nSPS) is 29.3. The van der Waals surface area contributed by atoms with Gasteiger partial charge in [0.2, 0.25) is 5.91 Å². The average Bonchev–Trinajstić information content (AvgIpc) is 3.30. The third kappa shape index (κ3) is 11.7. The summed E-state index contributed by atoms with van der Waals surface area (Å²) < 4.78 is 39.7. The Morgan fingerprint density at radius 2 is 1.58 bits per heavy atom. The molecule has 2 aromatic carbocycles. The Labute approximate surface area is 415 Å². The smallest absolute Gasteiger partial charge is 0.408 e. The summed E-state index contributed by atoms with van der Waals surface area (Å²) >= 11 is 0. The molecule has 0 spiro atoms. The number of benzene rings is 2. The van der Waals surface area contributed by atoms with E-state index in [1.165, 1.54) is 13.8 Å². The topological polar surface area (TPSA) is 249 Å². The first kappa shape index (κ1) is 56.4. The van der Waals surface area contributed by atoms with Crippen molar-refractivity contribution >= 4 is 41.5 Å². The maximum atomic E-state index is 14.7. The van der Waals surface area contributed by atoms with Gasteiger partial charge in [-0.2, -0.15) is 0 Å². The molecule has 1 saturated heterocycles. The zero-order valence-corrected chi connectivity index (χ0v) is 43.0. The van der Waals surface area contributed by atoms with Gasteiger partial charge in [0.05, 0.1) is 42.3 Å². The van der Waals surface area contributed by atoms with Gasteiger partial charge in [-0.3, -0.25) is 24.0 Å². The van der Waals surface area contributed by atoms with Gasteiger partial charge in [-0.25, -0.2) is 9.59 Å². The Morgan fingerprint density at radius 1 is 0.958 bits per heavy atom. The van der Waals surface area contributed by atoms with Crippen LogP contribution in [0.4, 0.5) is 4.79 Å². The molecule has 1 aliphatic heterocycles. The van der Waals surface area contributed by atoms with Crippen molar-refractivity contribution in [3.63, 3.8) is 0 Å². The Bertz CT molecular complexity index is 2310. The molecule has 390 valence electrons. The highest BCUT2D eigenvalue weighted by atomic mass is 16.6. The van der Waals surface area contributed by atoms with Gasteiger partial charge in [0.25, 0.3) is 0 Å². The molecule has 2 bridgehead atoms. The second kappa shape index (κ2) is 22.5. The van der Waals surface area contributed by atoms with Gasteiger partial charge in [-0.1, -0.05) is 69.3 Å². The Hall–Kier alpha value is -5.53. The van der Waals surface area contributed by atoms with E-state index in [9.17, 15) is 43.8 Å². The largest absolute Gasteiger partial charge is 0.455 e. The van der Waals surface area contributed by atoms with Crippen LogP contribution in [0.25, 0.3) is 0 Å². The lowest BCUT2D eigenvalue weighted by molar-refractivity contribution is -0.345. The van der Waals surface area contributed by atoms with Gasteiger partial charge in [-0.15, -0.1) is 0 Å². The summed E-state index contributed by atoms with van der Waals surface area (Å²) in [5.41, 5.74) is -4.20. The molecule has 1 heterocycles. The minimum absolute atomic E-state index is 0.0542. The van der Waals surface area contributed by atoms with Crippen molar-refractivity contribution in [2.24, 2.45) is 22.7 Å². The van der Waals surface area contributed by atoms with Crippen molar-refractivity contribution in [1.82, 2.24) is 10.6 Å². The summed E-state index contributed by atoms with van der Waals surface area (Å²) in [6.45, 7) is 18.7. The summed E-state index contributed by atoms with van der Waals surface area (Å²) in [6, 6.07) is 16.1. The van der Waals surface area contributed by atoms with Crippen LogP contribution in [-0.4, -0.2) is 132 Å². The predicted octanol–water partition coefficient (Wildman–Crippen LogP) is 5.31. The van der Waals surface area contributed by atoms with Crippen LogP contribution in [0, 0.1) is 22.7 Å². The summed E-state index contributed by atoms with van der Waals surface area (Å²) in [4.78, 5) is 89.6. The zero-order chi connectivity index (χ0) is 52.9. The number of nitrogens with one attached hydrogen (secondary N) is 2. The maximum absolute atomic E-state index is 14.7. The Morgan fingerprint density at radius 3 is 2.11 bits per heavy atom. The lowest BCUT2D eigenvalue weighted by Crippen LogP contribution is -2.81. The second-order valence-electron chi connectivity index (χ2n) is 20.5. The van der Waals surface area contributed by atoms with Crippen molar-refractivity contribution in [3.05, 3.63) is 82.9 Å². The molecule has 0 unspecified atom stereocenters. The van der Waals surface area contributed by atoms with E-state index in [0.717, 1.165) is 5.57 Å². The average molecular weight is 993 g/mol. The van der Waals surface area contributed by atoms with Gasteiger partial charge < -0.3 is 54.0 Å². The summed E-state index contributed by atoms with van der Waals surface area (Å²) in [5, 5.41) is 29.6. The fourth-order valence-electron chi connectivity index (χ4n) is 11.0. The molecule has 0 radical (unpaired) electrons. The number of ketones is 2. The van der Waals surface area contributed by atoms with E-state index < -0.39 is 112 Å². The third-order valence-electron chi connectivity index (χ3n) is 14.4. The number of rotatable bonds is 15. The number of aliphatic hydroxyl groups is 2. The van der Waals surface area contributed by atoms with Crippen LogP contribution in [-0.2, 0) is 57.1 Å². The van der Waals surface area contributed by atoms with Crippen molar-refractivity contribution in [2.45, 2.75) is 149 Å². The molecule has 11 atom stereocenters. The molecule has 3 aliphatic carbocycles. The fraction of sp³-hybridized carbons (Fsp3) is 0.604. The van der Waals surface area contributed by atoms with Gasteiger partial charge in [0, 0.05) is 51.2 Å². The first-order valence-electron chi connectivity index (χ1n) is 24.0. The third-order valence-corrected chi connectivity index (χ3v) is 14.4. The molecule has 2 amide bonds. The van der Waals surface area contributed by atoms with Crippen LogP contribution in [0.3, 0.4) is 0 Å². The van der Waals surface area contributed by atoms with Crippen LogP contribution in [0.1, 0.15) is 117 Å². The summed E-state index contributed by atoms with van der Waals surface area (Å²) in [7, 11) is 1.54. The first-order chi connectivity index (χ1) is 33.2. The quantitative estimate of drug-likeness (QED) is 0.0764. The molecule has 18 nitrogen and oxygen atoms in total. The molecule has 4 aliphatic rings. The molecule has 18 heteroatoms. The van der Waals surface area contributed by atoms with Crippen molar-refractivity contribution < 1.29 is 76.9 Å². The van der Waals surface area contributed by atoms with E-state index in [4.69, 9.17) is 33.2 Å². The summed E-state index contributed by atoms with van der Waals surface area (Å²) in [5.74, 6) is -5.05. The zero-order valence-electron chi connectivity index (χ0n) is 43.0. The van der Waals surface area contributed by atoms with E-state index in [-0.39, 0.29) is 49.7 Å². The molecule has 4 N–H and O–H groups in total. The number of alkyl carbamates (subject to hydrolysis) is 1. The minimum Gasteiger partial charge on any atom is -0.455 e. The highest BCUT2D eigenvalue weighted by molar-refractivity contribution is 5.92. The number of hydrogen-bond donors (Lipinski definition) is 4. The number of carbonyl (C=O) groups excluding carboxylic acids is 7. The van der Waals surface area contributed by atoms with Crippen molar-refractivity contribution in [2.75, 3.05) is 33.5 Å². The van der Waals surface area contributed by atoms with Gasteiger partial charge in [-0.05, 0) is 77.3 Å². The SMILES string of the molecule is CCOCCC(=O)NCC(=O)O[C@@H](C(C)=O)[C@@H](NC(=O)OC(C)(C)C)c1ccccc1.CO[C@H]1C[C@@]2(O)[C@@H](OC(=O)c3ccccc3)[C@@H]3[C@]4(OC(C)=O)CO[C@@H]4C[C@H](O)[C@@]3(C)C(=O)[C@H](C)C(=C1C)C2(C)C. The second-order valence-corrected chi connectivity index (χ2v) is 20.5. The van der Waals surface area contributed by atoms with Crippen molar-refractivity contribution in [3.8, 4) is 0 Å². The van der Waals surface area contributed by atoms with Crippen LogP contribution >= 0.6 is 0 Å². The van der Waals surface area contributed by atoms with Gasteiger partial charge in [0.1, 0.15) is 41.8 Å². The number of amides is 2. The van der Waals surface area contributed by atoms with Crippen LogP contribution in [0.15, 0.2) is 71.8 Å².